The van der Waals surface area contributed by atoms with E-state index in [1.54, 1.807) is 6.20 Å². The first-order valence-electron chi connectivity index (χ1n) is 6.58. The Kier molecular flexibility index (Phi) is 3.88. The molecule has 0 aliphatic carbocycles. The molecular formula is C15H17FN2O2. The van der Waals surface area contributed by atoms with Gasteiger partial charge in [-0.25, -0.2) is 13.8 Å². The Hall–Kier alpha value is -2.17. The first-order chi connectivity index (χ1) is 9.45. The Morgan fingerprint density at radius 3 is 2.25 bits per heavy atom. The minimum Gasteiger partial charge on any atom is -0.300 e. The molecule has 1 aromatic carbocycles. The van der Waals surface area contributed by atoms with Crippen molar-refractivity contribution in [2.45, 2.75) is 33.2 Å². The van der Waals surface area contributed by atoms with E-state index in [4.69, 9.17) is 0 Å². The zero-order valence-corrected chi connectivity index (χ0v) is 11.8. The van der Waals surface area contributed by atoms with Gasteiger partial charge in [-0.15, -0.1) is 0 Å². The van der Waals surface area contributed by atoms with Crippen LogP contribution in [-0.2, 0) is 6.54 Å². The molecule has 0 aliphatic rings. The molecule has 0 unspecified atom stereocenters. The van der Waals surface area contributed by atoms with Crippen LogP contribution in [0.2, 0.25) is 0 Å². The molecule has 0 saturated heterocycles. The van der Waals surface area contributed by atoms with E-state index in [1.807, 2.05) is 20.8 Å². The number of hydrogen-bond donors (Lipinski definition) is 0. The molecule has 1 aromatic heterocycles. The summed E-state index contributed by atoms with van der Waals surface area (Å²) < 4.78 is 15.6. The summed E-state index contributed by atoms with van der Waals surface area (Å²) in [6.45, 7) is 6.11. The molecule has 0 aliphatic heterocycles. The molecular weight excluding hydrogens is 259 g/mol. The van der Waals surface area contributed by atoms with Crippen molar-refractivity contribution in [2.24, 2.45) is 0 Å². The quantitative estimate of drug-likeness (QED) is 0.863. The lowest BCUT2D eigenvalue weighted by Gasteiger charge is -2.13. The van der Waals surface area contributed by atoms with Gasteiger partial charge in [0.15, 0.2) is 0 Å². The smallest absolute Gasteiger partial charge is 0.300 e. The van der Waals surface area contributed by atoms with Gasteiger partial charge in [0.05, 0.1) is 5.69 Å². The molecule has 0 bridgehead atoms. The highest BCUT2D eigenvalue weighted by Gasteiger charge is 2.14. The molecule has 0 saturated carbocycles. The van der Waals surface area contributed by atoms with Crippen LogP contribution in [-0.4, -0.2) is 9.13 Å². The van der Waals surface area contributed by atoms with Gasteiger partial charge in [0, 0.05) is 18.3 Å². The highest BCUT2D eigenvalue weighted by atomic mass is 19.1. The number of hydrogen-bond acceptors (Lipinski definition) is 2. The Morgan fingerprint density at radius 1 is 1.15 bits per heavy atom. The third kappa shape index (κ3) is 2.43. The molecule has 0 N–H and O–H groups in total. The van der Waals surface area contributed by atoms with Crippen LogP contribution in [0.5, 0.6) is 0 Å². The number of rotatable bonds is 3. The van der Waals surface area contributed by atoms with Crippen LogP contribution in [0.1, 0.15) is 32.3 Å². The summed E-state index contributed by atoms with van der Waals surface area (Å²) in [7, 11) is 0. The Bertz CT molecular complexity index is 727. The summed E-state index contributed by atoms with van der Waals surface area (Å²) in [5, 5.41) is 0. The van der Waals surface area contributed by atoms with Gasteiger partial charge >= 0.3 is 5.69 Å². The van der Waals surface area contributed by atoms with E-state index in [2.05, 4.69) is 0 Å². The number of aryl methyl sites for hydroxylation is 1. The second kappa shape index (κ2) is 5.45. The Labute approximate surface area is 116 Å². The van der Waals surface area contributed by atoms with E-state index in [9.17, 15) is 14.0 Å². The molecule has 20 heavy (non-hydrogen) atoms. The lowest BCUT2D eigenvalue weighted by molar-refractivity contribution is 0.622. The fourth-order valence-corrected chi connectivity index (χ4v) is 2.06. The summed E-state index contributed by atoms with van der Waals surface area (Å²) >= 11 is 0. The topological polar surface area (TPSA) is 44.0 Å². The number of aromatic nitrogens is 2. The predicted octanol–water partition coefficient (Wildman–Crippen LogP) is 2.28. The molecule has 0 amide bonds. The summed E-state index contributed by atoms with van der Waals surface area (Å²) in [6.07, 6.45) is 1.61. The van der Waals surface area contributed by atoms with Gasteiger partial charge in [0.1, 0.15) is 5.82 Å². The summed E-state index contributed by atoms with van der Waals surface area (Å²) in [6, 6.07) is 5.34. The van der Waals surface area contributed by atoms with Crippen molar-refractivity contribution in [3.8, 4) is 5.69 Å². The van der Waals surface area contributed by atoms with E-state index in [0.717, 1.165) is 4.57 Å². The van der Waals surface area contributed by atoms with Gasteiger partial charge in [-0.1, -0.05) is 13.8 Å². The van der Waals surface area contributed by atoms with Crippen molar-refractivity contribution in [1.82, 2.24) is 9.13 Å². The van der Waals surface area contributed by atoms with Crippen LogP contribution in [0, 0.1) is 5.82 Å². The average Bonchev–Trinajstić information content (AvgIpc) is 2.41. The van der Waals surface area contributed by atoms with Gasteiger partial charge in [-0.05, 0) is 37.1 Å². The lowest BCUT2D eigenvalue weighted by Crippen LogP contribution is -2.40. The highest BCUT2D eigenvalue weighted by molar-refractivity contribution is 5.32. The van der Waals surface area contributed by atoms with Crippen molar-refractivity contribution in [1.29, 1.82) is 0 Å². The minimum atomic E-state index is -0.409. The standard InChI is InChI=1S/C15H17FN2O2/c1-4-17-9-13(10(2)3)14(19)18(15(17)20)12-7-5-11(16)6-8-12/h5-10H,4H2,1-3H3. The summed E-state index contributed by atoms with van der Waals surface area (Å²) in [5.74, 6) is -0.398. The van der Waals surface area contributed by atoms with Gasteiger partial charge < -0.3 is 4.57 Å². The fourth-order valence-electron chi connectivity index (χ4n) is 2.06. The summed E-state index contributed by atoms with van der Waals surface area (Å²) in [4.78, 5) is 24.8. The number of halogens is 1. The van der Waals surface area contributed by atoms with Crippen molar-refractivity contribution < 1.29 is 4.39 Å². The second-order valence-corrected chi connectivity index (χ2v) is 4.92. The molecule has 2 rings (SSSR count). The van der Waals surface area contributed by atoms with Gasteiger partial charge in [0.25, 0.3) is 5.56 Å². The van der Waals surface area contributed by atoms with E-state index < -0.39 is 11.5 Å². The third-order valence-electron chi connectivity index (χ3n) is 3.23. The first-order valence-corrected chi connectivity index (χ1v) is 6.58. The van der Waals surface area contributed by atoms with Crippen molar-refractivity contribution in [3.05, 3.63) is 62.7 Å². The van der Waals surface area contributed by atoms with Gasteiger partial charge in [0.2, 0.25) is 0 Å². The monoisotopic (exact) mass is 276 g/mol. The van der Waals surface area contributed by atoms with Crippen LogP contribution in [0.3, 0.4) is 0 Å². The van der Waals surface area contributed by atoms with Gasteiger partial charge in [-0.3, -0.25) is 4.79 Å². The van der Waals surface area contributed by atoms with E-state index in [-0.39, 0.29) is 11.5 Å². The van der Waals surface area contributed by atoms with E-state index in [0.29, 0.717) is 17.8 Å². The van der Waals surface area contributed by atoms with Crippen molar-refractivity contribution in [2.75, 3.05) is 0 Å². The Balaban J connectivity index is 2.80. The molecule has 1 heterocycles. The lowest BCUT2D eigenvalue weighted by atomic mass is 10.1. The molecule has 106 valence electrons. The van der Waals surface area contributed by atoms with Crippen LogP contribution in [0.15, 0.2) is 40.1 Å². The second-order valence-electron chi connectivity index (χ2n) is 4.92. The zero-order chi connectivity index (χ0) is 14.9. The maximum atomic E-state index is 13.0. The van der Waals surface area contributed by atoms with Crippen LogP contribution in [0.25, 0.3) is 5.69 Å². The third-order valence-corrected chi connectivity index (χ3v) is 3.23. The number of benzene rings is 1. The zero-order valence-electron chi connectivity index (χ0n) is 11.8. The normalized spacial score (nSPS) is 11.1. The molecule has 2 aromatic rings. The van der Waals surface area contributed by atoms with Crippen LogP contribution < -0.4 is 11.2 Å². The van der Waals surface area contributed by atoms with E-state index in [1.165, 1.54) is 28.8 Å². The predicted molar refractivity (Wildman–Crippen MR) is 76.0 cm³/mol. The average molecular weight is 276 g/mol. The molecule has 0 radical (unpaired) electrons. The van der Waals surface area contributed by atoms with Crippen molar-refractivity contribution in [3.63, 3.8) is 0 Å². The summed E-state index contributed by atoms with van der Waals surface area (Å²) in [5.41, 5.74) is 0.191. The fraction of sp³-hybridized carbons (Fsp3) is 0.333. The first kappa shape index (κ1) is 14.2. The van der Waals surface area contributed by atoms with Crippen LogP contribution in [0.4, 0.5) is 4.39 Å². The maximum absolute atomic E-state index is 13.0. The largest absolute Gasteiger partial charge is 0.335 e. The molecule has 0 atom stereocenters. The maximum Gasteiger partial charge on any atom is 0.335 e. The minimum absolute atomic E-state index is 0.00704. The van der Waals surface area contributed by atoms with Crippen molar-refractivity contribution >= 4 is 0 Å². The Morgan fingerprint density at radius 2 is 1.75 bits per heavy atom. The molecule has 0 spiro atoms. The van der Waals surface area contributed by atoms with Crippen LogP contribution >= 0.6 is 0 Å². The molecule has 5 heteroatoms. The van der Waals surface area contributed by atoms with E-state index >= 15 is 0 Å². The highest BCUT2D eigenvalue weighted by Crippen LogP contribution is 2.10. The molecule has 4 nitrogen and oxygen atoms in total. The van der Waals surface area contributed by atoms with Gasteiger partial charge in [-0.2, -0.15) is 0 Å². The number of nitrogens with zero attached hydrogens (tertiary/aromatic N) is 2. The SMILES string of the molecule is CCn1cc(C(C)C)c(=O)n(-c2ccc(F)cc2)c1=O. The molecule has 0 fully saturated rings.